The molecule has 0 bridgehead atoms. The third kappa shape index (κ3) is 3.57. The summed E-state index contributed by atoms with van der Waals surface area (Å²) in [5.74, 6) is 0.948. The average molecular weight is 484 g/mol. The highest BCUT2D eigenvalue weighted by molar-refractivity contribution is 7.20. The molecule has 2 atom stereocenters. The van der Waals surface area contributed by atoms with Gasteiger partial charge in [-0.05, 0) is 57.0 Å². The van der Waals surface area contributed by atoms with Crippen molar-refractivity contribution in [3.63, 3.8) is 0 Å². The maximum Gasteiger partial charge on any atom is 0.213 e. The Morgan fingerprint density at radius 3 is 2.60 bits per heavy atom. The molecule has 0 spiro atoms. The standard InChI is InChI=1S/C28H29N5OS/c1-4-32(5-2)19-15-13-18(14-16-19)25-24-17(3)31-33(28-30-20-9-6-7-12-23(20)35-28)27(24)29-21-10-8-11-22(34)26(21)25/h6-7,9-10,12-16,25-26,29H,4-5,8,11H2,1-3H3/t25-,26-/m0/s1. The number of benzene rings is 2. The molecule has 4 aromatic rings. The number of nitrogens with one attached hydrogen (secondary N) is 1. The topological polar surface area (TPSA) is 63.1 Å². The molecule has 6 rings (SSSR count). The molecule has 6 nitrogen and oxygen atoms in total. The van der Waals surface area contributed by atoms with E-state index in [4.69, 9.17) is 10.1 Å². The molecule has 0 fully saturated rings. The summed E-state index contributed by atoms with van der Waals surface area (Å²) >= 11 is 1.63. The molecule has 0 unspecified atom stereocenters. The second-order valence-corrected chi connectivity index (χ2v) is 10.2. The minimum atomic E-state index is -0.206. The first-order valence-electron chi connectivity index (χ1n) is 12.4. The molecule has 7 heteroatoms. The van der Waals surface area contributed by atoms with Crippen molar-refractivity contribution < 1.29 is 4.79 Å². The van der Waals surface area contributed by atoms with Crippen LogP contribution in [-0.2, 0) is 4.79 Å². The number of rotatable bonds is 5. The van der Waals surface area contributed by atoms with Crippen molar-refractivity contribution >= 4 is 38.8 Å². The van der Waals surface area contributed by atoms with Gasteiger partial charge in [0.05, 0.1) is 21.8 Å². The van der Waals surface area contributed by atoms with Gasteiger partial charge < -0.3 is 10.2 Å². The number of aromatic nitrogens is 3. The van der Waals surface area contributed by atoms with Crippen LogP contribution in [0.15, 0.2) is 60.3 Å². The Morgan fingerprint density at radius 2 is 1.86 bits per heavy atom. The van der Waals surface area contributed by atoms with Gasteiger partial charge in [0.1, 0.15) is 11.6 Å². The summed E-state index contributed by atoms with van der Waals surface area (Å²) in [4.78, 5) is 20.5. The molecule has 0 saturated heterocycles. The van der Waals surface area contributed by atoms with Gasteiger partial charge in [0.2, 0.25) is 5.13 Å². The van der Waals surface area contributed by atoms with E-state index in [0.717, 1.165) is 63.2 Å². The maximum atomic E-state index is 13.3. The quantitative estimate of drug-likeness (QED) is 0.374. The fraction of sp³-hybridized carbons (Fsp3) is 0.321. The van der Waals surface area contributed by atoms with Crippen LogP contribution in [0.5, 0.6) is 0 Å². The maximum absolute atomic E-state index is 13.3. The van der Waals surface area contributed by atoms with Gasteiger partial charge in [-0.15, -0.1) is 0 Å². The number of para-hydroxylation sites is 1. The van der Waals surface area contributed by atoms with Crippen molar-refractivity contribution in [1.82, 2.24) is 14.8 Å². The van der Waals surface area contributed by atoms with E-state index < -0.39 is 0 Å². The molecule has 0 saturated carbocycles. The second kappa shape index (κ2) is 8.64. The van der Waals surface area contributed by atoms with Crippen molar-refractivity contribution in [2.45, 2.75) is 39.5 Å². The number of fused-ring (bicyclic) bond motifs is 3. The Labute approximate surface area is 209 Å². The van der Waals surface area contributed by atoms with Crippen LogP contribution in [0.4, 0.5) is 11.5 Å². The SMILES string of the molecule is CCN(CC)c1ccc([C@H]2c3c(C)nn(-c4nc5ccccc5s4)c3NC3=CCCC(=O)[C@H]32)cc1. The zero-order valence-electron chi connectivity index (χ0n) is 20.3. The summed E-state index contributed by atoms with van der Waals surface area (Å²) < 4.78 is 3.07. The van der Waals surface area contributed by atoms with Gasteiger partial charge in [-0.2, -0.15) is 9.78 Å². The van der Waals surface area contributed by atoms with E-state index >= 15 is 0 Å². The van der Waals surface area contributed by atoms with Gasteiger partial charge in [-0.3, -0.25) is 4.79 Å². The number of allylic oxidation sites excluding steroid dienone is 2. The van der Waals surface area contributed by atoms with E-state index in [1.807, 2.05) is 29.8 Å². The Morgan fingerprint density at radius 1 is 1.09 bits per heavy atom. The fourth-order valence-electron chi connectivity index (χ4n) is 5.58. The summed E-state index contributed by atoms with van der Waals surface area (Å²) in [6, 6.07) is 16.9. The average Bonchev–Trinajstić information content (AvgIpc) is 3.45. The van der Waals surface area contributed by atoms with E-state index in [1.54, 1.807) is 11.3 Å². The summed E-state index contributed by atoms with van der Waals surface area (Å²) in [7, 11) is 0. The van der Waals surface area contributed by atoms with E-state index in [2.05, 4.69) is 60.5 Å². The lowest BCUT2D eigenvalue weighted by molar-refractivity contribution is -0.122. The fourth-order valence-corrected chi connectivity index (χ4v) is 6.51. The minimum Gasteiger partial charge on any atom is -0.372 e. The molecule has 35 heavy (non-hydrogen) atoms. The first kappa shape index (κ1) is 22.0. The van der Waals surface area contributed by atoms with Crippen molar-refractivity contribution in [2.75, 3.05) is 23.3 Å². The van der Waals surface area contributed by atoms with E-state index in [0.29, 0.717) is 12.2 Å². The van der Waals surface area contributed by atoms with Crippen molar-refractivity contribution in [3.8, 4) is 5.13 Å². The first-order chi connectivity index (χ1) is 17.1. The number of nitrogens with zero attached hydrogens (tertiary/aromatic N) is 4. The summed E-state index contributed by atoms with van der Waals surface area (Å²) in [6.45, 7) is 8.33. The number of Topliss-reactive ketones (excluding diaryl/α,β-unsaturated/α-hetero) is 1. The Hall–Kier alpha value is -3.45. The largest absolute Gasteiger partial charge is 0.372 e. The van der Waals surface area contributed by atoms with Crippen LogP contribution in [0, 0.1) is 12.8 Å². The molecule has 1 N–H and O–H groups in total. The molecule has 1 aliphatic carbocycles. The van der Waals surface area contributed by atoms with E-state index in [1.165, 1.54) is 5.69 Å². The number of carbonyl (C=O) groups is 1. The number of ketones is 1. The predicted octanol–water partition coefficient (Wildman–Crippen LogP) is 6.06. The third-order valence-electron chi connectivity index (χ3n) is 7.30. The second-order valence-electron chi connectivity index (χ2n) is 9.23. The zero-order chi connectivity index (χ0) is 24.1. The number of thiazole rings is 1. The molecule has 2 aromatic heterocycles. The number of carbonyl (C=O) groups excluding carboxylic acids is 1. The van der Waals surface area contributed by atoms with E-state index in [-0.39, 0.29) is 11.8 Å². The Kier molecular flexibility index (Phi) is 5.44. The lowest BCUT2D eigenvalue weighted by atomic mass is 9.72. The molecule has 3 heterocycles. The van der Waals surface area contributed by atoms with Crippen LogP contribution in [0.1, 0.15) is 49.4 Å². The van der Waals surface area contributed by atoms with Gasteiger partial charge in [0.15, 0.2) is 0 Å². The monoisotopic (exact) mass is 483 g/mol. The van der Waals surface area contributed by atoms with Crippen LogP contribution >= 0.6 is 11.3 Å². The van der Waals surface area contributed by atoms with Crippen LogP contribution in [-0.4, -0.2) is 33.6 Å². The highest BCUT2D eigenvalue weighted by Crippen LogP contribution is 2.49. The number of hydrogen-bond donors (Lipinski definition) is 1. The normalized spacial score (nSPS) is 19.2. The lowest BCUT2D eigenvalue weighted by Gasteiger charge is -2.37. The molecule has 2 aliphatic rings. The smallest absolute Gasteiger partial charge is 0.213 e. The van der Waals surface area contributed by atoms with Crippen molar-refractivity contribution in [3.05, 3.63) is 77.1 Å². The molecular formula is C28H29N5OS. The minimum absolute atomic E-state index is 0.0702. The third-order valence-corrected chi connectivity index (χ3v) is 8.31. The molecular weight excluding hydrogens is 454 g/mol. The van der Waals surface area contributed by atoms with Gasteiger partial charge in [0.25, 0.3) is 0 Å². The molecule has 0 amide bonds. The number of hydrogen-bond acceptors (Lipinski definition) is 6. The molecule has 0 radical (unpaired) electrons. The highest BCUT2D eigenvalue weighted by Gasteiger charge is 2.43. The number of aryl methyl sites for hydroxylation is 1. The summed E-state index contributed by atoms with van der Waals surface area (Å²) in [6.07, 6.45) is 3.55. The van der Waals surface area contributed by atoms with Crippen molar-refractivity contribution in [2.24, 2.45) is 5.92 Å². The van der Waals surface area contributed by atoms with Crippen LogP contribution in [0.2, 0.25) is 0 Å². The lowest BCUT2D eigenvalue weighted by Crippen LogP contribution is -2.35. The van der Waals surface area contributed by atoms with E-state index in [9.17, 15) is 4.79 Å². The Bertz CT molecular complexity index is 1410. The van der Waals surface area contributed by atoms with Crippen LogP contribution < -0.4 is 10.2 Å². The highest BCUT2D eigenvalue weighted by atomic mass is 32.1. The van der Waals surface area contributed by atoms with Crippen molar-refractivity contribution in [1.29, 1.82) is 0 Å². The summed E-state index contributed by atoms with van der Waals surface area (Å²) in [5.41, 5.74) is 6.36. The van der Waals surface area contributed by atoms with Crippen LogP contribution in [0.3, 0.4) is 0 Å². The summed E-state index contributed by atoms with van der Waals surface area (Å²) in [5, 5.41) is 9.39. The molecule has 2 aromatic carbocycles. The molecule has 178 valence electrons. The predicted molar refractivity (Wildman–Crippen MR) is 143 cm³/mol. The zero-order valence-corrected chi connectivity index (χ0v) is 21.1. The molecule has 1 aliphatic heterocycles. The van der Waals surface area contributed by atoms with Gasteiger partial charge in [0, 0.05) is 42.4 Å². The first-order valence-corrected chi connectivity index (χ1v) is 13.2. The van der Waals surface area contributed by atoms with Gasteiger partial charge in [-0.1, -0.05) is 41.7 Å². The van der Waals surface area contributed by atoms with Crippen LogP contribution in [0.25, 0.3) is 15.3 Å². The number of anilines is 2. The Balaban J connectivity index is 1.51. The van der Waals surface area contributed by atoms with Gasteiger partial charge in [-0.25, -0.2) is 4.98 Å². The van der Waals surface area contributed by atoms with Gasteiger partial charge >= 0.3 is 0 Å².